The Morgan fingerprint density at radius 2 is 1.15 bits per heavy atom. The Bertz CT molecular complexity index is 2090. The minimum absolute atomic E-state index is 0.308. The molecule has 0 spiro atoms. The molecule has 1 N–H and O–H groups in total. The topological polar surface area (TPSA) is 132 Å². The number of ether oxygens (including phenoxy) is 5. The molecule has 0 bridgehead atoms. The molecule has 0 unspecified atom stereocenters. The van der Waals surface area contributed by atoms with Crippen LogP contribution < -0.4 is 23.7 Å². The summed E-state index contributed by atoms with van der Waals surface area (Å²) in [6.45, 7) is 15.8. The highest BCUT2D eigenvalue weighted by Gasteiger charge is 2.15. The van der Waals surface area contributed by atoms with Crippen molar-refractivity contribution in [1.82, 2.24) is 24.1 Å². The van der Waals surface area contributed by atoms with Gasteiger partial charge in [-0.1, -0.05) is 45.9 Å². The minimum Gasteiger partial charge on any atom is -0.494 e. The summed E-state index contributed by atoms with van der Waals surface area (Å²) in [5, 5.41) is 8.83. The van der Waals surface area contributed by atoms with Gasteiger partial charge in [0.15, 0.2) is 6.61 Å². The second-order valence-corrected chi connectivity index (χ2v) is 13.2. The average molecular weight is 724 g/mol. The zero-order valence-corrected chi connectivity index (χ0v) is 31.3. The molecular formula is C41H49N5O7. The number of hydrogen-bond donors (Lipinski definition) is 1. The average Bonchev–Trinajstić information content (AvgIpc) is 3.66. The number of rotatable bonds is 17. The van der Waals surface area contributed by atoms with Gasteiger partial charge in [0, 0.05) is 31.3 Å². The van der Waals surface area contributed by atoms with Gasteiger partial charge in [0.25, 0.3) is 0 Å². The van der Waals surface area contributed by atoms with Crippen molar-refractivity contribution in [3.8, 4) is 28.7 Å². The predicted octanol–water partition coefficient (Wildman–Crippen LogP) is 8.20. The largest absolute Gasteiger partial charge is 0.494 e. The van der Waals surface area contributed by atoms with E-state index in [4.69, 9.17) is 38.8 Å². The molecule has 0 atom stereocenters. The predicted molar refractivity (Wildman–Crippen MR) is 204 cm³/mol. The summed E-state index contributed by atoms with van der Waals surface area (Å²) in [6, 6.07) is 23.0. The Morgan fingerprint density at radius 3 is 1.79 bits per heavy atom. The van der Waals surface area contributed by atoms with Crippen molar-refractivity contribution in [1.29, 1.82) is 0 Å². The lowest BCUT2D eigenvalue weighted by molar-refractivity contribution is -0.139. The molecule has 0 aliphatic carbocycles. The van der Waals surface area contributed by atoms with Gasteiger partial charge in [0.1, 0.15) is 53.6 Å². The van der Waals surface area contributed by atoms with E-state index in [1.165, 1.54) is 0 Å². The van der Waals surface area contributed by atoms with Crippen LogP contribution in [0, 0.1) is 11.8 Å². The number of benzene rings is 3. The van der Waals surface area contributed by atoms with E-state index < -0.39 is 5.97 Å². The molecule has 3 aromatic heterocycles. The SMILES string of the molecule is CCOc1cccc(OCc2nc3ccc(OCC(=O)O)cc3n2CC(C)C)c1.CCOc1cncc(OCc2nc3ccccc3n2CC(C)C)c1. The zero-order chi connectivity index (χ0) is 37.7. The second kappa shape index (κ2) is 18.6. The van der Waals surface area contributed by atoms with E-state index >= 15 is 0 Å². The Balaban J connectivity index is 0.000000208. The van der Waals surface area contributed by atoms with E-state index in [9.17, 15) is 4.79 Å². The molecule has 12 heteroatoms. The molecule has 3 aromatic carbocycles. The third kappa shape index (κ3) is 10.9. The quantitative estimate of drug-likeness (QED) is 0.0982. The number of fused-ring (bicyclic) bond motifs is 2. The lowest BCUT2D eigenvalue weighted by atomic mass is 10.2. The number of pyridine rings is 1. The molecule has 12 nitrogen and oxygen atoms in total. The highest BCUT2D eigenvalue weighted by molar-refractivity contribution is 5.78. The van der Waals surface area contributed by atoms with Gasteiger partial charge in [-0.3, -0.25) is 4.98 Å². The normalized spacial score (nSPS) is 11.1. The first-order chi connectivity index (χ1) is 25.6. The highest BCUT2D eigenvalue weighted by atomic mass is 16.5. The number of aromatic nitrogens is 5. The number of hydrogen-bond acceptors (Lipinski definition) is 9. The summed E-state index contributed by atoms with van der Waals surface area (Å²) in [5.74, 6) is 5.02. The first-order valence-electron chi connectivity index (χ1n) is 18.0. The Morgan fingerprint density at radius 1 is 0.623 bits per heavy atom. The van der Waals surface area contributed by atoms with Crippen molar-refractivity contribution >= 4 is 28.0 Å². The van der Waals surface area contributed by atoms with Gasteiger partial charge < -0.3 is 37.9 Å². The number of nitrogens with zero attached hydrogens (tertiary/aromatic N) is 5. The van der Waals surface area contributed by atoms with Crippen molar-refractivity contribution in [2.75, 3.05) is 19.8 Å². The van der Waals surface area contributed by atoms with E-state index in [-0.39, 0.29) is 6.61 Å². The Labute approximate surface area is 310 Å². The zero-order valence-electron chi connectivity index (χ0n) is 31.3. The molecule has 0 saturated carbocycles. The van der Waals surface area contributed by atoms with Crippen molar-refractivity contribution in [3.63, 3.8) is 0 Å². The maximum absolute atomic E-state index is 10.8. The molecule has 6 rings (SSSR count). The molecule has 3 heterocycles. The van der Waals surface area contributed by atoms with Crippen LogP contribution in [0.1, 0.15) is 53.2 Å². The molecule has 0 aliphatic heterocycles. The fourth-order valence-corrected chi connectivity index (χ4v) is 5.71. The van der Waals surface area contributed by atoms with Crippen LogP contribution in [-0.4, -0.2) is 55.0 Å². The van der Waals surface area contributed by atoms with Crippen molar-refractivity contribution < 1.29 is 33.6 Å². The van der Waals surface area contributed by atoms with Crippen LogP contribution in [0.2, 0.25) is 0 Å². The maximum atomic E-state index is 10.8. The first kappa shape index (κ1) is 38.5. The number of para-hydroxylation sites is 2. The summed E-state index contributed by atoms with van der Waals surface area (Å²) in [7, 11) is 0. The van der Waals surface area contributed by atoms with E-state index in [0.29, 0.717) is 61.3 Å². The van der Waals surface area contributed by atoms with Crippen LogP contribution in [0.4, 0.5) is 0 Å². The van der Waals surface area contributed by atoms with E-state index in [0.717, 1.165) is 52.6 Å². The summed E-state index contributed by atoms with van der Waals surface area (Å²) in [5.41, 5.74) is 3.85. The number of carbonyl (C=O) groups is 1. The molecule has 0 fully saturated rings. The van der Waals surface area contributed by atoms with Crippen LogP contribution >= 0.6 is 0 Å². The van der Waals surface area contributed by atoms with Gasteiger partial charge in [0.2, 0.25) is 0 Å². The minimum atomic E-state index is -1.01. The fraction of sp³-hybridized carbons (Fsp3) is 0.366. The molecule has 0 radical (unpaired) electrons. The molecule has 0 aliphatic rings. The summed E-state index contributed by atoms with van der Waals surface area (Å²) in [4.78, 5) is 24.4. The maximum Gasteiger partial charge on any atom is 0.341 e. The first-order valence-corrected chi connectivity index (χ1v) is 18.0. The van der Waals surface area contributed by atoms with Crippen LogP contribution in [0.5, 0.6) is 28.7 Å². The third-order valence-electron chi connectivity index (χ3n) is 7.84. The van der Waals surface area contributed by atoms with E-state index in [2.05, 4.69) is 47.9 Å². The van der Waals surface area contributed by atoms with Crippen LogP contribution in [0.3, 0.4) is 0 Å². The lowest BCUT2D eigenvalue weighted by Gasteiger charge is -2.13. The lowest BCUT2D eigenvalue weighted by Crippen LogP contribution is -2.11. The molecule has 280 valence electrons. The van der Waals surface area contributed by atoms with Crippen molar-refractivity contribution in [2.24, 2.45) is 11.8 Å². The van der Waals surface area contributed by atoms with Gasteiger partial charge in [-0.15, -0.1) is 0 Å². The molecule has 6 aromatic rings. The fourth-order valence-electron chi connectivity index (χ4n) is 5.71. The van der Waals surface area contributed by atoms with Crippen molar-refractivity contribution in [3.05, 3.63) is 96.8 Å². The summed E-state index contributed by atoms with van der Waals surface area (Å²) >= 11 is 0. The summed E-state index contributed by atoms with van der Waals surface area (Å²) in [6.07, 6.45) is 3.38. The van der Waals surface area contributed by atoms with Crippen LogP contribution in [0.15, 0.2) is 85.2 Å². The smallest absolute Gasteiger partial charge is 0.341 e. The number of carboxylic acids is 1. The molecular weight excluding hydrogens is 674 g/mol. The van der Waals surface area contributed by atoms with Gasteiger partial charge in [-0.25, -0.2) is 14.8 Å². The standard InChI is InChI=1S/C22H26N2O5.C19H23N3O2/c1-4-27-16-6-5-7-17(10-16)28-13-21-23-19-9-8-18(29-14-22(25)26)11-20(19)24(21)12-15(2)3;1-4-23-15-9-16(11-20-10-15)24-13-19-21-17-7-5-6-8-18(17)22(19)12-14(2)3/h5-11,15H,4,12-14H2,1-3H3,(H,25,26);5-11,14H,4,12-13H2,1-3H3. The van der Waals surface area contributed by atoms with Gasteiger partial charge in [-0.2, -0.15) is 0 Å². The van der Waals surface area contributed by atoms with Crippen LogP contribution in [0.25, 0.3) is 22.1 Å². The van der Waals surface area contributed by atoms with E-state index in [1.54, 1.807) is 18.5 Å². The van der Waals surface area contributed by atoms with Gasteiger partial charge in [0.05, 0.1) is 47.7 Å². The second-order valence-electron chi connectivity index (χ2n) is 13.2. The van der Waals surface area contributed by atoms with Crippen molar-refractivity contribution in [2.45, 2.75) is 67.8 Å². The van der Waals surface area contributed by atoms with Crippen LogP contribution in [-0.2, 0) is 31.1 Å². The van der Waals surface area contributed by atoms with Gasteiger partial charge in [-0.05, 0) is 62.1 Å². The Kier molecular flexibility index (Phi) is 13.5. The number of imidazole rings is 2. The number of aliphatic carboxylic acids is 1. The van der Waals surface area contributed by atoms with E-state index in [1.807, 2.05) is 74.5 Å². The number of carboxylic acid groups (broad SMARTS) is 1. The highest BCUT2D eigenvalue weighted by Crippen LogP contribution is 2.26. The van der Waals surface area contributed by atoms with Gasteiger partial charge >= 0.3 is 5.97 Å². The third-order valence-corrected chi connectivity index (χ3v) is 7.84. The monoisotopic (exact) mass is 723 g/mol. The molecule has 53 heavy (non-hydrogen) atoms. The molecule has 0 saturated heterocycles. The Hall–Kier alpha value is -5.78. The summed E-state index contributed by atoms with van der Waals surface area (Å²) < 4.78 is 32.5. The molecule has 0 amide bonds.